The summed E-state index contributed by atoms with van der Waals surface area (Å²) in [4.78, 5) is 6.79. The molecule has 0 amide bonds. The number of hydrogen-bond donors (Lipinski definition) is 0. The molecule has 5 rings (SSSR count). The van der Waals surface area contributed by atoms with Gasteiger partial charge in [0.15, 0.2) is 0 Å². The molecule has 208 valence electrons. The minimum Gasteiger partial charge on any atom is -0.192 e. The third-order valence-electron chi connectivity index (χ3n) is 7.47. The molecule has 6 nitrogen and oxygen atoms in total. The standard InChI is InChI=1S/C34H15F3N6S/c1-18-4-6-19(7-5-18)30-26(33(42-2)43-3)13-25-28(17-41)31-24(27(16-40)32(25)30)12-23(21(14-38)15-39)29(31)20-8-10-22(11-9-20)44-34(35,36)37/h4-11H,12-13H2,1H3. The molecule has 2 aliphatic rings. The molecule has 0 bridgehead atoms. The van der Waals surface area contributed by atoms with Gasteiger partial charge in [-0.3, -0.25) is 0 Å². The van der Waals surface area contributed by atoms with Crippen LogP contribution in [-0.2, 0) is 12.8 Å². The summed E-state index contributed by atoms with van der Waals surface area (Å²) < 4.78 is 39.0. The summed E-state index contributed by atoms with van der Waals surface area (Å²) >= 11 is -0.288. The van der Waals surface area contributed by atoms with E-state index in [1.54, 1.807) is 0 Å². The van der Waals surface area contributed by atoms with Crippen molar-refractivity contribution in [3.63, 3.8) is 0 Å². The number of hydrogen-bond acceptors (Lipinski definition) is 5. The maximum atomic E-state index is 13.0. The number of rotatable bonds is 3. The fourth-order valence-electron chi connectivity index (χ4n) is 5.74. The van der Waals surface area contributed by atoms with Crippen LogP contribution in [0.4, 0.5) is 13.2 Å². The van der Waals surface area contributed by atoms with Crippen LogP contribution in [0.25, 0.3) is 20.8 Å². The van der Waals surface area contributed by atoms with Gasteiger partial charge < -0.3 is 0 Å². The van der Waals surface area contributed by atoms with Crippen LogP contribution in [0.1, 0.15) is 38.9 Å². The minimum atomic E-state index is -4.50. The molecular weight excluding hydrogens is 581 g/mol. The Bertz CT molecular complexity index is 2200. The molecule has 3 aromatic carbocycles. The molecule has 2 aliphatic carbocycles. The highest BCUT2D eigenvalue weighted by Gasteiger charge is 2.36. The van der Waals surface area contributed by atoms with Crippen molar-refractivity contribution < 1.29 is 13.2 Å². The molecule has 0 spiro atoms. The van der Waals surface area contributed by atoms with Crippen molar-refractivity contribution in [1.29, 1.82) is 21.0 Å². The molecule has 10 heteroatoms. The fourth-order valence-corrected chi connectivity index (χ4v) is 6.28. The van der Waals surface area contributed by atoms with Crippen LogP contribution >= 0.6 is 11.8 Å². The van der Waals surface area contributed by atoms with Gasteiger partial charge in [0.1, 0.15) is 43.0 Å². The molecule has 0 saturated carbocycles. The number of allylic oxidation sites excluding steroid dienone is 3. The maximum Gasteiger partial charge on any atom is 0.523 e. The van der Waals surface area contributed by atoms with Crippen LogP contribution in [0.5, 0.6) is 0 Å². The third-order valence-corrected chi connectivity index (χ3v) is 8.20. The number of nitriles is 4. The van der Waals surface area contributed by atoms with Gasteiger partial charge in [0.25, 0.3) is 0 Å². The number of halogens is 3. The summed E-state index contributed by atoms with van der Waals surface area (Å²) in [5.74, 6) is -0.191. The molecule has 0 aliphatic heterocycles. The molecule has 44 heavy (non-hydrogen) atoms. The first-order valence-corrected chi connectivity index (χ1v) is 13.6. The second-order valence-electron chi connectivity index (χ2n) is 9.83. The third kappa shape index (κ3) is 4.87. The largest absolute Gasteiger partial charge is 0.523 e. The first-order valence-electron chi connectivity index (χ1n) is 12.8. The molecule has 3 aromatic rings. The second-order valence-corrected chi connectivity index (χ2v) is 11.0. The Morgan fingerprint density at radius 1 is 0.750 bits per heavy atom. The van der Waals surface area contributed by atoms with E-state index in [0.717, 1.165) is 5.56 Å². The average Bonchev–Trinajstić information content (AvgIpc) is 3.57. The van der Waals surface area contributed by atoms with Crippen LogP contribution in [0, 0.1) is 65.4 Å². The van der Waals surface area contributed by atoms with E-state index in [4.69, 9.17) is 13.1 Å². The van der Waals surface area contributed by atoms with Gasteiger partial charge in [-0.05, 0) is 76.2 Å². The van der Waals surface area contributed by atoms with Gasteiger partial charge in [0, 0.05) is 21.8 Å². The molecule has 0 N–H and O–H groups in total. The van der Waals surface area contributed by atoms with Gasteiger partial charge in [0.2, 0.25) is 0 Å². The normalized spacial score (nSPS) is 13.0. The lowest BCUT2D eigenvalue weighted by Crippen LogP contribution is -2.26. The van der Waals surface area contributed by atoms with E-state index in [9.17, 15) is 34.2 Å². The lowest BCUT2D eigenvalue weighted by Gasteiger charge is -2.10. The Balaban J connectivity index is 1.99. The molecule has 0 unspecified atom stereocenters. The van der Waals surface area contributed by atoms with E-state index in [1.807, 2.05) is 43.3 Å². The molecule has 0 fully saturated rings. The molecule has 0 atom stereocenters. The Kier molecular flexibility index (Phi) is 7.58. The molecule has 0 saturated heterocycles. The first-order chi connectivity index (χ1) is 21.1. The van der Waals surface area contributed by atoms with Gasteiger partial charge >= 0.3 is 11.3 Å². The minimum absolute atomic E-state index is 0.0142. The first kappa shape index (κ1) is 29.5. The highest BCUT2D eigenvalue weighted by Crippen LogP contribution is 2.40. The molecule has 0 heterocycles. The Labute approximate surface area is 254 Å². The zero-order valence-corrected chi connectivity index (χ0v) is 23.6. The average molecular weight is 597 g/mol. The quantitative estimate of drug-likeness (QED) is 0.202. The van der Waals surface area contributed by atoms with Crippen LogP contribution in [0.3, 0.4) is 0 Å². The van der Waals surface area contributed by atoms with Crippen LogP contribution in [-0.4, -0.2) is 5.51 Å². The summed E-state index contributed by atoms with van der Waals surface area (Å²) in [6, 6.07) is 21.0. The van der Waals surface area contributed by atoms with E-state index in [2.05, 4.69) is 21.8 Å². The van der Waals surface area contributed by atoms with Crippen molar-refractivity contribution in [2.75, 3.05) is 0 Å². The van der Waals surface area contributed by atoms with E-state index in [1.165, 1.54) is 24.3 Å². The Morgan fingerprint density at radius 2 is 1.20 bits per heavy atom. The second kappa shape index (κ2) is 11.3. The number of thioether (sulfide) groups is 1. The number of benzene rings is 3. The van der Waals surface area contributed by atoms with Crippen LogP contribution < -0.4 is 10.4 Å². The summed E-state index contributed by atoms with van der Waals surface area (Å²) in [6.07, 6.45) is -0.0376. The zero-order valence-electron chi connectivity index (χ0n) is 22.8. The smallest absolute Gasteiger partial charge is 0.192 e. The zero-order chi connectivity index (χ0) is 31.8. The van der Waals surface area contributed by atoms with E-state index in [-0.39, 0.29) is 57.6 Å². The highest BCUT2D eigenvalue weighted by molar-refractivity contribution is 8.00. The lowest BCUT2D eigenvalue weighted by atomic mass is 9.92. The van der Waals surface area contributed by atoms with Gasteiger partial charge in [-0.2, -0.15) is 43.9 Å². The fraction of sp³-hybridized carbons (Fsp3) is 0.118. The van der Waals surface area contributed by atoms with E-state index < -0.39 is 5.51 Å². The summed E-state index contributed by atoms with van der Waals surface area (Å²) in [6.45, 7) is 17.2. The van der Waals surface area contributed by atoms with Crippen LogP contribution in [0.15, 0.2) is 76.0 Å². The van der Waals surface area contributed by atoms with Crippen molar-refractivity contribution in [2.24, 2.45) is 0 Å². The summed E-state index contributed by atoms with van der Waals surface area (Å²) in [5, 5.41) is 41.5. The van der Waals surface area contributed by atoms with Crippen LogP contribution in [0.2, 0.25) is 0 Å². The Hall–Kier alpha value is -6.04. The number of nitrogens with zero attached hydrogens (tertiary/aromatic N) is 6. The summed E-state index contributed by atoms with van der Waals surface area (Å²) in [7, 11) is 0. The molecule has 0 radical (unpaired) electrons. The summed E-state index contributed by atoms with van der Waals surface area (Å²) in [5.41, 5.74) is -0.172. The predicted octanol–water partition coefficient (Wildman–Crippen LogP) is 6.25. The van der Waals surface area contributed by atoms with Gasteiger partial charge in [-0.15, -0.1) is 0 Å². The monoisotopic (exact) mass is 596 g/mol. The number of fused-ring (bicyclic) bond motifs is 2. The van der Waals surface area contributed by atoms with Crippen molar-refractivity contribution in [2.45, 2.75) is 30.2 Å². The number of alkyl halides is 3. The van der Waals surface area contributed by atoms with Crippen molar-refractivity contribution >= 4 is 22.9 Å². The predicted molar refractivity (Wildman–Crippen MR) is 156 cm³/mol. The van der Waals surface area contributed by atoms with Gasteiger partial charge in [-0.25, -0.2) is 0 Å². The lowest BCUT2D eigenvalue weighted by molar-refractivity contribution is -0.0328. The van der Waals surface area contributed by atoms with E-state index in [0.29, 0.717) is 49.4 Å². The van der Waals surface area contributed by atoms with Crippen molar-refractivity contribution in [3.05, 3.63) is 143 Å². The van der Waals surface area contributed by atoms with Gasteiger partial charge in [-0.1, -0.05) is 42.0 Å². The highest BCUT2D eigenvalue weighted by atomic mass is 32.2. The van der Waals surface area contributed by atoms with Crippen molar-refractivity contribution in [1.82, 2.24) is 0 Å². The van der Waals surface area contributed by atoms with Gasteiger partial charge in [0.05, 0.1) is 16.7 Å². The Morgan fingerprint density at radius 3 is 1.64 bits per heavy atom. The molecule has 0 aromatic heterocycles. The topological polar surface area (TPSA) is 104 Å². The maximum absolute atomic E-state index is 13.0. The molecular formula is C34H15F3N6S. The SMILES string of the molecule is [C-]#[N+]C([N+]#[C-])=C1Cc2c(C#N)c3c(c(C#N)c2=C1c1ccc(C)cc1)CC(=C(C#N)C#N)C=3c1ccc(SC(F)(F)F)cc1. The van der Waals surface area contributed by atoms with Crippen molar-refractivity contribution in [3.8, 4) is 24.3 Å². The van der Waals surface area contributed by atoms with E-state index >= 15 is 0 Å². The number of aryl methyl sites for hydroxylation is 1.